The first-order valence-electron chi connectivity index (χ1n) is 3.79. The normalized spacial score (nSPS) is 10.0. The van der Waals surface area contributed by atoms with Crippen molar-refractivity contribution in [1.82, 2.24) is 4.90 Å². The van der Waals surface area contributed by atoms with E-state index in [1.54, 1.807) is 4.90 Å². The van der Waals surface area contributed by atoms with E-state index in [2.05, 4.69) is 4.74 Å². The van der Waals surface area contributed by atoms with E-state index in [-0.39, 0.29) is 24.6 Å². The van der Waals surface area contributed by atoms with Gasteiger partial charge in [-0.1, -0.05) is 0 Å². The summed E-state index contributed by atoms with van der Waals surface area (Å²) in [4.78, 5) is 23.4. The van der Waals surface area contributed by atoms with Crippen molar-refractivity contribution in [3.8, 4) is 0 Å². The van der Waals surface area contributed by atoms with Crippen LogP contribution in [0.4, 0.5) is 0 Å². The number of hydrogen-bond donors (Lipinski definition) is 0. The molecule has 0 unspecified atom stereocenters. The summed E-state index contributed by atoms with van der Waals surface area (Å²) in [6.45, 7) is 0.386. The van der Waals surface area contributed by atoms with E-state index in [1.807, 2.05) is 14.1 Å². The number of methoxy groups -OCH3 is 1. The average molecular weight is 173 g/mol. The van der Waals surface area contributed by atoms with Crippen LogP contribution in [0.2, 0.25) is 0 Å². The third-order valence-corrected chi connectivity index (χ3v) is 1.33. The van der Waals surface area contributed by atoms with Gasteiger partial charge in [-0.3, -0.25) is 9.59 Å². The Morgan fingerprint density at radius 2 is 1.83 bits per heavy atom. The summed E-state index contributed by atoms with van der Waals surface area (Å²) < 4.78 is 4.40. The number of ether oxygens (including phenoxy) is 1. The predicted molar refractivity (Wildman–Crippen MR) is 44.8 cm³/mol. The van der Waals surface area contributed by atoms with Crippen LogP contribution in [0.15, 0.2) is 0 Å². The van der Waals surface area contributed by atoms with E-state index >= 15 is 0 Å². The molecule has 0 atom stereocenters. The zero-order valence-electron chi connectivity index (χ0n) is 7.79. The minimum Gasteiger partial charge on any atom is -0.469 e. The Morgan fingerprint density at radius 3 is 2.25 bits per heavy atom. The van der Waals surface area contributed by atoms with Crippen molar-refractivity contribution in [3.63, 3.8) is 0 Å². The number of hydrogen-bond acceptors (Lipinski definition) is 4. The van der Waals surface area contributed by atoms with E-state index in [1.165, 1.54) is 7.11 Å². The maximum absolute atomic E-state index is 11.0. The first-order valence-corrected chi connectivity index (χ1v) is 3.79. The number of carbonyl (C=O) groups excluding carboxylic acids is 2. The molecule has 12 heavy (non-hydrogen) atoms. The summed E-state index contributed by atoms with van der Waals surface area (Å²) in [6, 6.07) is 0. The van der Waals surface area contributed by atoms with Crippen molar-refractivity contribution < 1.29 is 14.3 Å². The summed E-state index contributed by atoms with van der Waals surface area (Å²) in [5.74, 6) is -0.271. The van der Waals surface area contributed by atoms with Crippen molar-refractivity contribution in [3.05, 3.63) is 0 Å². The number of ketones is 1. The number of likely N-dealkylation sites (N-methyl/N-ethyl adjacent to an activating group) is 1. The number of Topliss-reactive ketones (excluding diaryl/α,β-unsaturated/α-hetero) is 1. The Morgan fingerprint density at radius 1 is 1.25 bits per heavy atom. The molecule has 0 fully saturated rings. The van der Waals surface area contributed by atoms with Crippen molar-refractivity contribution in [2.24, 2.45) is 0 Å². The fourth-order valence-corrected chi connectivity index (χ4v) is 0.775. The van der Waals surface area contributed by atoms with Crippen LogP contribution in [-0.2, 0) is 14.3 Å². The molecular formula is C8H15NO3. The molecule has 4 nitrogen and oxygen atoms in total. The van der Waals surface area contributed by atoms with Crippen molar-refractivity contribution in [2.75, 3.05) is 27.7 Å². The highest BCUT2D eigenvalue weighted by atomic mass is 16.5. The van der Waals surface area contributed by atoms with Crippen molar-refractivity contribution in [1.29, 1.82) is 0 Å². The molecule has 0 aromatic heterocycles. The molecule has 0 saturated carbocycles. The van der Waals surface area contributed by atoms with E-state index < -0.39 is 0 Å². The van der Waals surface area contributed by atoms with Gasteiger partial charge in [0.1, 0.15) is 5.78 Å². The van der Waals surface area contributed by atoms with Crippen LogP contribution >= 0.6 is 0 Å². The lowest BCUT2D eigenvalue weighted by molar-refractivity contribution is -0.142. The molecule has 0 N–H and O–H groups in total. The van der Waals surface area contributed by atoms with Gasteiger partial charge in [-0.05, 0) is 14.1 Å². The summed E-state index contributed by atoms with van der Waals surface area (Å²) >= 11 is 0. The monoisotopic (exact) mass is 173 g/mol. The Balaban J connectivity index is 3.51. The summed E-state index contributed by atoms with van der Waals surface area (Å²) in [5, 5.41) is 0. The molecule has 0 radical (unpaired) electrons. The second-order valence-corrected chi connectivity index (χ2v) is 2.85. The third kappa shape index (κ3) is 5.85. The SMILES string of the molecule is COC(=O)CCC(=O)CN(C)C. The molecule has 0 spiro atoms. The molecule has 0 aliphatic rings. The Hall–Kier alpha value is -0.900. The van der Waals surface area contributed by atoms with E-state index in [4.69, 9.17) is 0 Å². The standard InChI is InChI=1S/C8H15NO3/c1-9(2)6-7(10)4-5-8(11)12-3/h4-6H2,1-3H3. The second-order valence-electron chi connectivity index (χ2n) is 2.85. The minimum absolute atomic E-state index is 0.0606. The Labute approximate surface area is 72.5 Å². The zero-order valence-corrected chi connectivity index (χ0v) is 7.79. The number of rotatable bonds is 5. The van der Waals surface area contributed by atoms with Crippen LogP contribution in [0.3, 0.4) is 0 Å². The Bertz CT molecular complexity index is 166. The van der Waals surface area contributed by atoms with Gasteiger partial charge < -0.3 is 9.64 Å². The maximum atomic E-state index is 11.0. The summed E-state index contributed by atoms with van der Waals surface area (Å²) in [7, 11) is 4.95. The van der Waals surface area contributed by atoms with E-state index in [9.17, 15) is 9.59 Å². The molecule has 0 rings (SSSR count). The highest BCUT2D eigenvalue weighted by Gasteiger charge is 2.06. The fraction of sp³-hybridized carbons (Fsp3) is 0.750. The molecule has 70 valence electrons. The molecule has 4 heteroatoms. The Kier molecular flexibility index (Phi) is 5.28. The smallest absolute Gasteiger partial charge is 0.305 e. The van der Waals surface area contributed by atoms with Gasteiger partial charge in [0.15, 0.2) is 0 Å². The lowest BCUT2D eigenvalue weighted by Crippen LogP contribution is -2.22. The van der Waals surface area contributed by atoms with Gasteiger partial charge >= 0.3 is 5.97 Å². The number of carbonyl (C=O) groups is 2. The van der Waals surface area contributed by atoms with E-state index in [0.717, 1.165) is 0 Å². The van der Waals surface area contributed by atoms with Gasteiger partial charge in [-0.15, -0.1) is 0 Å². The number of nitrogens with zero attached hydrogens (tertiary/aromatic N) is 1. The predicted octanol–water partition coefficient (Wildman–Crippen LogP) is 0.0703. The highest BCUT2D eigenvalue weighted by Crippen LogP contribution is 1.94. The quantitative estimate of drug-likeness (QED) is 0.552. The summed E-state index contributed by atoms with van der Waals surface area (Å²) in [6.07, 6.45) is 0.452. The van der Waals surface area contributed by atoms with E-state index in [0.29, 0.717) is 6.54 Å². The van der Waals surface area contributed by atoms with Gasteiger partial charge in [0, 0.05) is 6.42 Å². The molecule has 0 heterocycles. The minimum atomic E-state index is -0.331. The van der Waals surface area contributed by atoms with Gasteiger partial charge in [0.2, 0.25) is 0 Å². The van der Waals surface area contributed by atoms with Crippen LogP contribution in [0.1, 0.15) is 12.8 Å². The molecule has 0 aromatic carbocycles. The largest absolute Gasteiger partial charge is 0.469 e. The lowest BCUT2D eigenvalue weighted by atomic mass is 10.2. The molecule has 0 aromatic rings. The van der Waals surface area contributed by atoms with Crippen molar-refractivity contribution in [2.45, 2.75) is 12.8 Å². The highest BCUT2D eigenvalue weighted by molar-refractivity contribution is 5.84. The van der Waals surface area contributed by atoms with Crippen molar-refractivity contribution >= 4 is 11.8 Å². The lowest BCUT2D eigenvalue weighted by Gasteiger charge is -2.07. The fourth-order valence-electron chi connectivity index (χ4n) is 0.775. The first-order chi connectivity index (χ1) is 5.56. The van der Waals surface area contributed by atoms with Crippen LogP contribution < -0.4 is 0 Å². The zero-order chi connectivity index (χ0) is 9.56. The van der Waals surface area contributed by atoms with Crippen LogP contribution in [0, 0.1) is 0 Å². The average Bonchev–Trinajstić information content (AvgIpc) is 1.99. The number of esters is 1. The van der Waals surface area contributed by atoms with Gasteiger partial charge in [0.25, 0.3) is 0 Å². The molecular weight excluding hydrogens is 158 g/mol. The molecule has 0 saturated heterocycles. The third-order valence-electron chi connectivity index (χ3n) is 1.33. The van der Waals surface area contributed by atoms with Crippen LogP contribution in [-0.4, -0.2) is 44.4 Å². The van der Waals surface area contributed by atoms with Crippen LogP contribution in [0.25, 0.3) is 0 Å². The van der Waals surface area contributed by atoms with Gasteiger partial charge in [-0.2, -0.15) is 0 Å². The molecule has 0 aliphatic heterocycles. The topological polar surface area (TPSA) is 46.6 Å². The van der Waals surface area contributed by atoms with Crippen LogP contribution in [0.5, 0.6) is 0 Å². The molecule has 0 amide bonds. The first kappa shape index (κ1) is 11.1. The second kappa shape index (κ2) is 5.71. The molecule has 0 aliphatic carbocycles. The molecule has 0 bridgehead atoms. The van der Waals surface area contributed by atoms with Gasteiger partial charge in [0.05, 0.1) is 20.1 Å². The summed E-state index contributed by atoms with van der Waals surface area (Å²) in [5.41, 5.74) is 0. The maximum Gasteiger partial charge on any atom is 0.305 e. The van der Waals surface area contributed by atoms with Gasteiger partial charge in [-0.25, -0.2) is 0 Å².